The van der Waals surface area contributed by atoms with Crippen molar-refractivity contribution in [2.45, 2.75) is 0 Å². The van der Waals surface area contributed by atoms with Crippen molar-refractivity contribution in [3.8, 4) is 28.3 Å². The summed E-state index contributed by atoms with van der Waals surface area (Å²) < 4.78 is 11.7. The minimum Gasteiger partial charge on any atom is -0.452 e. The summed E-state index contributed by atoms with van der Waals surface area (Å²) in [4.78, 5) is 10.1. The van der Waals surface area contributed by atoms with Crippen LogP contribution in [-0.4, -0.2) is 14.5 Å². The third kappa shape index (κ3) is 3.59. The topological polar surface area (TPSA) is 43.9 Å². The highest BCUT2D eigenvalue weighted by Crippen LogP contribution is 2.44. The lowest BCUT2D eigenvalue weighted by atomic mass is 10.1. The van der Waals surface area contributed by atoms with Crippen molar-refractivity contribution < 1.29 is 4.42 Å². The highest BCUT2D eigenvalue weighted by Gasteiger charge is 2.21. The van der Waals surface area contributed by atoms with Gasteiger partial charge in [-0.15, -0.1) is 11.3 Å². The van der Waals surface area contributed by atoms with Crippen LogP contribution in [0.4, 0.5) is 0 Å². The van der Waals surface area contributed by atoms with Gasteiger partial charge in [-0.1, -0.05) is 109 Å². The van der Waals surface area contributed by atoms with Gasteiger partial charge in [0.15, 0.2) is 11.4 Å². The van der Waals surface area contributed by atoms with Gasteiger partial charge in [0.2, 0.25) is 0 Å². The molecule has 45 heavy (non-hydrogen) atoms. The number of rotatable bonds is 3. The van der Waals surface area contributed by atoms with E-state index in [1.165, 1.54) is 42.0 Å². The second-order valence-corrected chi connectivity index (χ2v) is 12.4. The van der Waals surface area contributed by atoms with E-state index in [4.69, 9.17) is 14.4 Å². The summed E-state index contributed by atoms with van der Waals surface area (Å²) in [5.74, 6) is 0.684. The Bertz CT molecular complexity index is 2760. The third-order valence-corrected chi connectivity index (χ3v) is 10.0. The summed E-state index contributed by atoms with van der Waals surface area (Å²) in [6, 6.07) is 48.8. The maximum atomic E-state index is 6.69. The van der Waals surface area contributed by atoms with E-state index in [0.717, 1.165) is 39.0 Å². The molecule has 0 bridgehead atoms. The van der Waals surface area contributed by atoms with E-state index in [1.807, 2.05) is 59.9 Å². The summed E-state index contributed by atoms with van der Waals surface area (Å²) in [6.07, 6.45) is 0. The molecule has 10 rings (SSSR count). The molecule has 5 heteroatoms. The molecule has 0 radical (unpaired) electrons. The van der Waals surface area contributed by atoms with E-state index in [-0.39, 0.29) is 0 Å². The van der Waals surface area contributed by atoms with Gasteiger partial charge in [0.1, 0.15) is 16.8 Å². The second kappa shape index (κ2) is 9.36. The standard InChI is InChI=1S/C40H23N3OS/c1-3-11-24(12-4-1)35-38-36(42-40(41-35)25-13-5-2-6-14-25)31-20-19-26(23-33(31)44-38)43-32-17-9-7-15-27(32)29-21-22-30-28-16-8-10-18-34(28)45-39(30)37(29)43/h1-23H. The van der Waals surface area contributed by atoms with E-state index in [9.17, 15) is 0 Å². The van der Waals surface area contributed by atoms with Crippen molar-refractivity contribution in [1.82, 2.24) is 14.5 Å². The SMILES string of the molecule is c1ccc(-c2nc(-c3ccccc3)c3oc4cc(-n5c6ccccc6c6ccc7c8ccccc8sc7c65)ccc4c3n2)cc1. The zero-order valence-electron chi connectivity index (χ0n) is 23.9. The normalized spacial score (nSPS) is 12.0. The highest BCUT2D eigenvalue weighted by molar-refractivity contribution is 7.26. The average molecular weight is 594 g/mol. The van der Waals surface area contributed by atoms with Crippen molar-refractivity contribution in [3.63, 3.8) is 0 Å². The lowest BCUT2D eigenvalue weighted by molar-refractivity contribution is 0.667. The van der Waals surface area contributed by atoms with Crippen molar-refractivity contribution in [1.29, 1.82) is 0 Å². The molecule has 0 aliphatic rings. The number of fused-ring (bicyclic) bond motifs is 10. The largest absolute Gasteiger partial charge is 0.452 e. The molecule has 0 amide bonds. The van der Waals surface area contributed by atoms with E-state index >= 15 is 0 Å². The highest BCUT2D eigenvalue weighted by atomic mass is 32.1. The van der Waals surface area contributed by atoms with Gasteiger partial charge < -0.3 is 8.98 Å². The Morgan fingerprint density at radius 3 is 2.09 bits per heavy atom. The molecular formula is C40H23N3OS. The molecule has 0 aliphatic heterocycles. The monoisotopic (exact) mass is 593 g/mol. The molecule has 0 atom stereocenters. The van der Waals surface area contributed by atoms with Gasteiger partial charge in [0, 0.05) is 54.5 Å². The summed E-state index contributed by atoms with van der Waals surface area (Å²) in [5, 5.41) is 6.04. The number of hydrogen-bond acceptors (Lipinski definition) is 4. The summed E-state index contributed by atoms with van der Waals surface area (Å²) in [5.41, 5.74) is 8.51. The number of furan rings is 1. The van der Waals surface area contributed by atoms with Crippen molar-refractivity contribution in [2.24, 2.45) is 0 Å². The van der Waals surface area contributed by atoms with Gasteiger partial charge in [0.05, 0.1) is 15.7 Å². The first kappa shape index (κ1) is 24.6. The molecule has 6 aromatic carbocycles. The minimum atomic E-state index is 0.684. The molecule has 0 saturated carbocycles. The predicted octanol–water partition coefficient (Wildman–Crippen LogP) is 11.2. The van der Waals surface area contributed by atoms with Crippen LogP contribution in [0.1, 0.15) is 0 Å². The molecule has 0 unspecified atom stereocenters. The summed E-state index contributed by atoms with van der Waals surface area (Å²) >= 11 is 1.86. The predicted molar refractivity (Wildman–Crippen MR) is 187 cm³/mol. The molecule has 4 nitrogen and oxygen atoms in total. The van der Waals surface area contributed by atoms with Gasteiger partial charge in [-0.2, -0.15) is 0 Å². The Kier molecular flexibility index (Phi) is 5.12. The van der Waals surface area contributed by atoms with E-state index in [0.29, 0.717) is 11.4 Å². The number of hydrogen-bond donors (Lipinski definition) is 0. The average Bonchev–Trinajstić information content (AvgIpc) is 3.78. The van der Waals surface area contributed by atoms with Crippen molar-refractivity contribution >= 4 is 75.4 Å². The van der Waals surface area contributed by atoms with Gasteiger partial charge in [-0.05, 0) is 24.3 Å². The molecule has 0 fully saturated rings. The van der Waals surface area contributed by atoms with Gasteiger partial charge in [0.25, 0.3) is 0 Å². The van der Waals surface area contributed by atoms with Crippen LogP contribution >= 0.6 is 11.3 Å². The first-order valence-electron chi connectivity index (χ1n) is 15.0. The van der Waals surface area contributed by atoms with E-state index in [1.54, 1.807) is 0 Å². The molecule has 0 N–H and O–H groups in total. The fourth-order valence-corrected chi connectivity index (χ4v) is 8.02. The number of nitrogens with zero attached hydrogens (tertiary/aromatic N) is 3. The Morgan fingerprint density at radius 2 is 1.24 bits per heavy atom. The number of benzene rings is 6. The van der Waals surface area contributed by atoms with Crippen LogP contribution in [-0.2, 0) is 0 Å². The van der Waals surface area contributed by atoms with Gasteiger partial charge in [-0.25, -0.2) is 9.97 Å². The zero-order chi connectivity index (χ0) is 29.5. The number of aromatic nitrogens is 3. The van der Waals surface area contributed by atoms with Crippen LogP contribution in [0.5, 0.6) is 0 Å². The molecule has 10 aromatic rings. The zero-order valence-corrected chi connectivity index (χ0v) is 24.8. The molecule has 4 heterocycles. The van der Waals surface area contributed by atoms with Crippen LogP contribution in [0.3, 0.4) is 0 Å². The maximum Gasteiger partial charge on any atom is 0.180 e. The van der Waals surface area contributed by atoms with Crippen LogP contribution in [0.15, 0.2) is 144 Å². The van der Waals surface area contributed by atoms with Gasteiger partial charge in [-0.3, -0.25) is 0 Å². The van der Waals surface area contributed by atoms with E-state index in [2.05, 4.69) is 95.6 Å². The second-order valence-electron chi connectivity index (χ2n) is 11.4. The lowest BCUT2D eigenvalue weighted by Crippen LogP contribution is -1.94. The molecule has 4 aromatic heterocycles. The lowest BCUT2D eigenvalue weighted by Gasteiger charge is -2.08. The van der Waals surface area contributed by atoms with Crippen LogP contribution < -0.4 is 0 Å². The Hall–Kier alpha value is -5.78. The summed E-state index contributed by atoms with van der Waals surface area (Å²) in [7, 11) is 0. The fraction of sp³-hybridized carbons (Fsp3) is 0. The van der Waals surface area contributed by atoms with Crippen LogP contribution in [0, 0.1) is 0 Å². The van der Waals surface area contributed by atoms with Crippen molar-refractivity contribution in [3.05, 3.63) is 140 Å². The third-order valence-electron chi connectivity index (χ3n) is 8.81. The smallest absolute Gasteiger partial charge is 0.180 e. The first-order chi connectivity index (χ1) is 22.3. The molecule has 0 saturated heterocycles. The number of thiophene rings is 1. The fourth-order valence-electron chi connectivity index (χ4n) is 6.78. The minimum absolute atomic E-state index is 0.684. The van der Waals surface area contributed by atoms with Crippen LogP contribution in [0.2, 0.25) is 0 Å². The Labute approximate surface area is 261 Å². The summed E-state index contributed by atoms with van der Waals surface area (Å²) in [6.45, 7) is 0. The number of para-hydroxylation sites is 1. The molecule has 210 valence electrons. The maximum absolute atomic E-state index is 6.69. The van der Waals surface area contributed by atoms with Crippen LogP contribution in [0.25, 0.3) is 92.4 Å². The molecule has 0 spiro atoms. The van der Waals surface area contributed by atoms with Gasteiger partial charge >= 0.3 is 0 Å². The quantitative estimate of drug-likeness (QED) is 0.205. The Balaban J connectivity index is 1.28. The molecule has 0 aliphatic carbocycles. The molecular weight excluding hydrogens is 571 g/mol. The first-order valence-corrected chi connectivity index (χ1v) is 15.8. The van der Waals surface area contributed by atoms with Crippen molar-refractivity contribution in [2.75, 3.05) is 0 Å². The van der Waals surface area contributed by atoms with E-state index < -0.39 is 0 Å². The Morgan fingerprint density at radius 1 is 0.556 bits per heavy atom.